The molecular weight excluding hydrogens is 352 g/mol. The maximum absolute atomic E-state index is 12.9. The molecule has 28 heavy (non-hydrogen) atoms. The number of para-hydroxylation sites is 1. The number of aryl methyl sites for hydroxylation is 1. The average molecular weight is 374 g/mol. The van der Waals surface area contributed by atoms with Crippen LogP contribution in [0.25, 0.3) is 10.9 Å². The zero-order chi connectivity index (χ0) is 19.3. The third-order valence-corrected chi connectivity index (χ3v) is 5.96. The normalized spacial score (nSPS) is 21.8. The Bertz CT molecular complexity index is 1060. The van der Waals surface area contributed by atoms with Crippen molar-refractivity contribution in [3.63, 3.8) is 0 Å². The van der Waals surface area contributed by atoms with E-state index in [-0.39, 0.29) is 24.4 Å². The van der Waals surface area contributed by atoms with E-state index in [9.17, 15) is 9.59 Å². The number of fused-ring (bicyclic) bond motifs is 4. The number of hydrogen-bond acceptors (Lipinski definition) is 3. The van der Waals surface area contributed by atoms with Gasteiger partial charge < -0.3 is 9.88 Å². The smallest absolute Gasteiger partial charge is 0.260 e. The monoisotopic (exact) mass is 374 g/mol. The predicted molar refractivity (Wildman–Crippen MR) is 106 cm³/mol. The predicted octanol–water partition coefficient (Wildman–Crippen LogP) is 2.31. The zero-order valence-electron chi connectivity index (χ0n) is 15.5. The Morgan fingerprint density at radius 3 is 2.61 bits per heavy atom. The Labute approximate surface area is 162 Å². The highest BCUT2D eigenvalue weighted by Gasteiger charge is 2.46. The van der Waals surface area contributed by atoms with Crippen LogP contribution < -0.4 is 5.84 Å². The van der Waals surface area contributed by atoms with Gasteiger partial charge in [-0.15, -0.1) is 0 Å². The molecule has 5 rings (SSSR count). The van der Waals surface area contributed by atoms with E-state index in [0.717, 1.165) is 40.0 Å². The Morgan fingerprint density at radius 1 is 1.04 bits per heavy atom. The molecule has 2 amide bonds. The van der Waals surface area contributed by atoms with Crippen LogP contribution in [0.15, 0.2) is 54.6 Å². The molecule has 0 saturated carbocycles. The Kier molecular flexibility index (Phi) is 3.94. The van der Waals surface area contributed by atoms with Crippen molar-refractivity contribution in [3.8, 4) is 0 Å². The summed E-state index contributed by atoms with van der Waals surface area (Å²) >= 11 is 0. The minimum absolute atomic E-state index is 0.0628. The molecule has 2 aliphatic heterocycles. The van der Waals surface area contributed by atoms with Crippen molar-refractivity contribution in [1.82, 2.24) is 14.9 Å². The Hall–Kier alpha value is -3.12. The van der Waals surface area contributed by atoms with Gasteiger partial charge in [0.1, 0.15) is 12.6 Å². The van der Waals surface area contributed by atoms with Crippen LogP contribution in [0, 0.1) is 0 Å². The fraction of sp³-hybridized carbons (Fsp3) is 0.273. The van der Waals surface area contributed by atoms with Gasteiger partial charge in [0.15, 0.2) is 0 Å². The molecule has 0 unspecified atom stereocenters. The van der Waals surface area contributed by atoms with Crippen LogP contribution in [-0.2, 0) is 22.4 Å². The summed E-state index contributed by atoms with van der Waals surface area (Å²) in [4.78, 5) is 31.0. The van der Waals surface area contributed by atoms with E-state index < -0.39 is 6.04 Å². The number of nitrogens with zero attached hydrogens (tertiary/aromatic N) is 2. The number of hydrogen-bond donors (Lipinski definition) is 2. The van der Waals surface area contributed by atoms with Crippen LogP contribution in [0.3, 0.4) is 0 Å². The molecule has 2 aromatic carbocycles. The van der Waals surface area contributed by atoms with Crippen molar-refractivity contribution >= 4 is 22.7 Å². The van der Waals surface area contributed by atoms with Crippen molar-refractivity contribution in [2.75, 3.05) is 6.54 Å². The van der Waals surface area contributed by atoms with E-state index >= 15 is 0 Å². The van der Waals surface area contributed by atoms with Crippen LogP contribution in [0.5, 0.6) is 0 Å². The van der Waals surface area contributed by atoms with Gasteiger partial charge >= 0.3 is 0 Å². The number of aromatic amines is 1. The molecule has 0 spiro atoms. The van der Waals surface area contributed by atoms with Gasteiger partial charge in [-0.1, -0.05) is 48.5 Å². The number of nitrogens with two attached hydrogens (primary N) is 1. The highest BCUT2D eigenvalue weighted by Crippen LogP contribution is 2.40. The molecular formula is C22H22N4O2. The molecule has 142 valence electrons. The second kappa shape index (κ2) is 6.49. The molecule has 0 bridgehead atoms. The van der Waals surface area contributed by atoms with Gasteiger partial charge in [-0.3, -0.25) is 14.6 Å². The molecule has 0 aliphatic carbocycles. The van der Waals surface area contributed by atoms with Gasteiger partial charge in [0.25, 0.3) is 5.91 Å². The van der Waals surface area contributed by atoms with E-state index in [1.165, 1.54) is 5.56 Å². The van der Waals surface area contributed by atoms with Gasteiger partial charge in [-0.05, 0) is 30.0 Å². The quantitative estimate of drug-likeness (QED) is 0.545. The fourth-order valence-electron chi connectivity index (χ4n) is 4.66. The molecule has 3 heterocycles. The third kappa shape index (κ3) is 2.60. The van der Waals surface area contributed by atoms with E-state index in [0.29, 0.717) is 6.42 Å². The second-order valence-electron chi connectivity index (χ2n) is 7.59. The van der Waals surface area contributed by atoms with Crippen LogP contribution in [0.1, 0.15) is 29.3 Å². The molecule has 6 heteroatoms. The highest BCUT2D eigenvalue weighted by molar-refractivity contribution is 5.97. The average Bonchev–Trinajstić information content (AvgIpc) is 3.09. The molecule has 2 aliphatic rings. The first-order valence-corrected chi connectivity index (χ1v) is 9.64. The summed E-state index contributed by atoms with van der Waals surface area (Å²) in [5, 5.41) is 2.19. The Balaban J connectivity index is 1.59. The lowest BCUT2D eigenvalue weighted by atomic mass is 9.87. The van der Waals surface area contributed by atoms with Crippen molar-refractivity contribution in [3.05, 3.63) is 71.4 Å². The number of nitrogens with one attached hydrogen (secondary N) is 1. The van der Waals surface area contributed by atoms with E-state index in [2.05, 4.69) is 23.2 Å². The molecule has 3 aromatic rings. The van der Waals surface area contributed by atoms with Crippen molar-refractivity contribution in [2.24, 2.45) is 5.84 Å². The third-order valence-electron chi connectivity index (χ3n) is 5.96. The molecule has 6 nitrogen and oxygen atoms in total. The van der Waals surface area contributed by atoms with E-state index in [4.69, 9.17) is 5.84 Å². The van der Waals surface area contributed by atoms with Gasteiger partial charge in [-0.2, -0.15) is 0 Å². The molecule has 1 saturated heterocycles. The summed E-state index contributed by atoms with van der Waals surface area (Å²) < 4.78 is 0. The van der Waals surface area contributed by atoms with Gasteiger partial charge in [0.05, 0.1) is 6.04 Å². The second-order valence-corrected chi connectivity index (χ2v) is 7.59. The summed E-state index contributed by atoms with van der Waals surface area (Å²) in [7, 11) is 0. The topological polar surface area (TPSA) is 82.4 Å². The lowest BCUT2D eigenvalue weighted by molar-refractivity contribution is -0.160. The maximum Gasteiger partial charge on any atom is 0.260 e. The number of piperazine rings is 1. The van der Waals surface area contributed by atoms with Crippen LogP contribution in [-0.4, -0.2) is 39.3 Å². The number of amides is 2. The van der Waals surface area contributed by atoms with Crippen LogP contribution >= 0.6 is 0 Å². The number of hydrazine groups is 1. The van der Waals surface area contributed by atoms with Crippen LogP contribution in [0.4, 0.5) is 0 Å². The van der Waals surface area contributed by atoms with Gasteiger partial charge in [0, 0.05) is 23.0 Å². The standard InChI is InChI=1S/C22H22N4O2/c23-25-13-20(27)26-18(11-10-14-6-2-1-3-7-14)21-16(12-19(26)22(25)28)15-8-4-5-9-17(15)24-21/h1-9,18-19,24H,10-13,23H2/t18-,19+/m1/s1. The zero-order valence-corrected chi connectivity index (χ0v) is 15.5. The first-order chi connectivity index (χ1) is 13.6. The largest absolute Gasteiger partial charge is 0.356 e. The number of aromatic nitrogens is 1. The maximum atomic E-state index is 12.9. The molecule has 3 N–H and O–H groups in total. The lowest BCUT2D eigenvalue weighted by Crippen LogP contribution is -2.64. The number of carbonyl (C=O) groups excluding carboxylic acids is 2. The van der Waals surface area contributed by atoms with Crippen molar-refractivity contribution < 1.29 is 9.59 Å². The molecule has 1 aromatic heterocycles. The van der Waals surface area contributed by atoms with Gasteiger partial charge in [0.2, 0.25) is 5.91 Å². The summed E-state index contributed by atoms with van der Waals surface area (Å²) in [5.74, 6) is 5.55. The number of H-pyrrole nitrogens is 1. The lowest BCUT2D eigenvalue weighted by Gasteiger charge is -2.46. The summed E-state index contributed by atoms with van der Waals surface area (Å²) in [6.45, 7) is -0.0628. The van der Waals surface area contributed by atoms with E-state index in [1.54, 1.807) is 4.90 Å². The minimum atomic E-state index is -0.529. The Morgan fingerprint density at radius 2 is 1.79 bits per heavy atom. The summed E-state index contributed by atoms with van der Waals surface area (Å²) in [6.07, 6.45) is 2.08. The number of rotatable bonds is 3. The fourth-order valence-corrected chi connectivity index (χ4v) is 4.66. The summed E-state index contributed by atoms with van der Waals surface area (Å²) in [6, 6.07) is 17.7. The summed E-state index contributed by atoms with van der Waals surface area (Å²) in [5.41, 5.74) is 4.45. The molecule has 2 atom stereocenters. The minimum Gasteiger partial charge on any atom is -0.356 e. The first-order valence-electron chi connectivity index (χ1n) is 9.64. The van der Waals surface area contributed by atoms with Crippen molar-refractivity contribution in [1.29, 1.82) is 0 Å². The molecule has 0 radical (unpaired) electrons. The number of benzene rings is 2. The molecule has 1 fully saturated rings. The SMILES string of the molecule is NN1CC(=O)N2[C@H](CCc3ccccc3)c3[nH]c4ccccc4c3C[C@H]2C1=O. The van der Waals surface area contributed by atoms with Crippen molar-refractivity contribution in [2.45, 2.75) is 31.3 Å². The van der Waals surface area contributed by atoms with Gasteiger partial charge in [-0.25, -0.2) is 5.84 Å². The first kappa shape index (κ1) is 17.0. The number of carbonyl (C=O) groups is 2. The highest BCUT2D eigenvalue weighted by atomic mass is 16.2. The van der Waals surface area contributed by atoms with Crippen LogP contribution in [0.2, 0.25) is 0 Å². The van der Waals surface area contributed by atoms with E-state index in [1.807, 2.05) is 36.4 Å².